The number of benzene rings is 2. The SMILES string of the molecule is Cc1ccc(Cn2ccsc2=NC(=O)c2cc(S(=O)(=O)N3CCOCC3)ccc2C)cc1. The maximum absolute atomic E-state index is 13.0. The minimum absolute atomic E-state index is 0.0993. The van der Waals surface area contributed by atoms with Crippen LogP contribution in [0.2, 0.25) is 0 Å². The normalized spacial score (nSPS) is 15.8. The summed E-state index contributed by atoms with van der Waals surface area (Å²) in [6, 6.07) is 12.8. The average Bonchev–Trinajstić information content (AvgIpc) is 3.22. The van der Waals surface area contributed by atoms with Crippen molar-refractivity contribution in [3.8, 4) is 0 Å². The van der Waals surface area contributed by atoms with Gasteiger partial charge in [-0.15, -0.1) is 11.3 Å². The smallest absolute Gasteiger partial charge is 0.279 e. The quantitative estimate of drug-likeness (QED) is 0.573. The van der Waals surface area contributed by atoms with Crippen LogP contribution in [0.5, 0.6) is 0 Å². The molecule has 1 aliphatic heterocycles. The maximum Gasteiger partial charge on any atom is 0.279 e. The first-order valence-corrected chi connectivity index (χ1v) is 12.6. The number of amides is 1. The van der Waals surface area contributed by atoms with Gasteiger partial charge < -0.3 is 9.30 Å². The number of carbonyl (C=O) groups is 1. The molecule has 2 aromatic carbocycles. The summed E-state index contributed by atoms with van der Waals surface area (Å²) in [5, 5.41) is 1.88. The molecule has 1 aliphatic rings. The first-order chi connectivity index (χ1) is 15.3. The molecule has 1 aromatic heterocycles. The van der Waals surface area contributed by atoms with Gasteiger partial charge in [0.05, 0.1) is 18.1 Å². The standard InChI is InChI=1S/C23H25N3O4S2/c1-17-3-6-19(7-4-17)16-25-11-14-31-23(25)24-22(27)21-15-20(8-5-18(21)2)32(28,29)26-9-12-30-13-10-26/h3-8,11,14-15H,9-10,12-13,16H2,1-2H3. The minimum atomic E-state index is -3.69. The summed E-state index contributed by atoms with van der Waals surface area (Å²) in [5.41, 5.74) is 3.26. The third-order valence-corrected chi connectivity index (χ3v) is 8.07. The Bertz CT molecular complexity index is 1290. The van der Waals surface area contributed by atoms with Crippen molar-refractivity contribution in [2.24, 2.45) is 4.99 Å². The van der Waals surface area contributed by atoms with Crippen LogP contribution in [0.4, 0.5) is 0 Å². The van der Waals surface area contributed by atoms with E-state index in [2.05, 4.69) is 17.1 Å². The Morgan fingerprint density at radius 1 is 1.09 bits per heavy atom. The van der Waals surface area contributed by atoms with Crippen LogP contribution in [-0.2, 0) is 21.3 Å². The third-order valence-electron chi connectivity index (χ3n) is 5.38. The molecule has 3 aromatic rings. The van der Waals surface area contributed by atoms with Crippen molar-refractivity contribution in [2.45, 2.75) is 25.3 Å². The van der Waals surface area contributed by atoms with Gasteiger partial charge in [-0.1, -0.05) is 35.9 Å². The molecular weight excluding hydrogens is 446 g/mol. The lowest BCUT2D eigenvalue weighted by Crippen LogP contribution is -2.40. The monoisotopic (exact) mass is 471 g/mol. The Hall–Kier alpha value is -2.59. The van der Waals surface area contributed by atoms with Crippen molar-refractivity contribution in [3.63, 3.8) is 0 Å². The van der Waals surface area contributed by atoms with Crippen molar-refractivity contribution in [1.29, 1.82) is 0 Å². The van der Waals surface area contributed by atoms with Crippen LogP contribution in [-0.4, -0.2) is 49.5 Å². The molecule has 0 aliphatic carbocycles. The molecule has 0 unspecified atom stereocenters. The Morgan fingerprint density at radius 2 is 1.81 bits per heavy atom. The summed E-state index contributed by atoms with van der Waals surface area (Å²) >= 11 is 1.37. The molecule has 1 amide bonds. The van der Waals surface area contributed by atoms with E-state index in [0.717, 1.165) is 5.56 Å². The van der Waals surface area contributed by atoms with Crippen LogP contribution in [0.25, 0.3) is 0 Å². The van der Waals surface area contributed by atoms with Crippen molar-refractivity contribution in [1.82, 2.24) is 8.87 Å². The van der Waals surface area contributed by atoms with Crippen LogP contribution in [0, 0.1) is 13.8 Å². The summed E-state index contributed by atoms with van der Waals surface area (Å²) in [7, 11) is -3.69. The number of rotatable bonds is 5. The number of hydrogen-bond donors (Lipinski definition) is 0. The van der Waals surface area contributed by atoms with Gasteiger partial charge in [-0.05, 0) is 37.1 Å². The van der Waals surface area contributed by atoms with Gasteiger partial charge >= 0.3 is 0 Å². The number of thiazole rings is 1. The second-order valence-electron chi connectivity index (χ2n) is 7.71. The number of ether oxygens (including phenoxy) is 1. The maximum atomic E-state index is 13.0. The topological polar surface area (TPSA) is 81.0 Å². The molecule has 4 rings (SSSR count). The number of nitrogens with zero attached hydrogens (tertiary/aromatic N) is 3. The van der Waals surface area contributed by atoms with Gasteiger partial charge in [-0.2, -0.15) is 9.30 Å². The Morgan fingerprint density at radius 3 is 2.53 bits per heavy atom. The summed E-state index contributed by atoms with van der Waals surface area (Å²) in [4.78, 5) is 18.0. The van der Waals surface area contributed by atoms with E-state index in [9.17, 15) is 13.2 Å². The second kappa shape index (κ2) is 9.50. The average molecular weight is 472 g/mol. The molecule has 168 valence electrons. The van der Waals surface area contributed by atoms with E-state index in [1.54, 1.807) is 19.1 Å². The summed E-state index contributed by atoms with van der Waals surface area (Å²) < 4.78 is 34.6. The van der Waals surface area contributed by atoms with Gasteiger partial charge in [0.15, 0.2) is 4.80 Å². The first kappa shape index (κ1) is 22.6. The predicted octanol–water partition coefficient (Wildman–Crippen LogP) is 2.98. The lowest BCUT2D eigenvalue weighted by Gasteiger charge is -2.26. The van der Waals surface area contributed by atoms with E-state index in [1.165, 1.54) is 27.3 Å². The van der Waals surface area contributed by atoms with Gasteiger partial charge in [0.1, 0.15) is 0 Å². The highest BCUT2D eigenvalue weighted by Crippen LogP contribution is 2.21. The number of aromatic nitrogens is 1. The lowest BCUT2D eigenvalue weighted by atomic mass is 10.1. The fourth-order valence-corrected chi connectivity index (χ4v) is 5.63. The van der Waals surface area contributed by atoms with E-state index < -0.39 is 15.9 Å². The molecule has 32 heavy (non-hydrogen) atoms. The zero-order chi connectivity index (χ0) is 22.7. The zero-order valence-corrected chi connectivity index (χ0v) is 19.7. The minimum Gasteiger partial charge on any atom is -0.379 e. The highest BCUT2D eigenvalue weighted by molar-refractivity contribution is 7.89. The van der Waals surface area contributed by atoms with Crippen molar-refractivity contribution < 1.29 is 17.9 Å². The lowest BCUT2D eigenvalue weighted by molar-refractivity contribution is 0.0730. The van der Waals surface area contributed by atoms with Gasteiger partial charge in [0.2, 0.25) is 10.0 Å². The fourth-order valence-electron chi connectivity index (χ4n) is 3.47. The van der Waals surface area contributed by atoms with Crippen LogP contribution >= 0.6 is 11.3 Å². The van der Waals surface area contributed by atoms with Crippen LogP contribution in [0.1, 0.15) is 27.0 Å². The number of sulfonamides is 1. The van der Waals surface area contributed by atoms with E-state index in [4.69, 9.17) is 4.74 Å². The van der Waals surface area contributed by atoms with Gasteiger partial charge in [-0.25, -0.2) is 8.42 Å². The second-order valence-corrected chi connectivity index (χ2v) is 10.5. The van der Waals surface area contributed by atoms with E-state index in [0.29, 0.717) is 43.2 Å². The molecule has 0 radical (unpaired) electrons. The third kappa shape index (κ3) is 4.91. The van der Waals surface area contributed by atoms with Crippen molar-refractivity contribution >= 4 is 27.3 Å². The molecule has 9 heteroatoms. The van der Waals surface area contributed by atoms with Crippen LogP contribution in [0.15, 0.2) is 63.9 Å². The largest absolute Gasteiger partial charge is 0.379 e. The fraction of sp³-hybridized carbons (Fsp3) is 0.304. The molecule has 0 bridgehead atoms. The highest BCUT2D eigenvalue weighted by atomic mass is 32.2. The molecule has 7 nitrogen and oxygen atoms in total. The van der Waals surface area contributed by atoms with Crippen LogP contribution in [0.3, 0.4) is 0 Å². The summed E-state index contributed by atoms with van der Waals surface area (Å²) in [6.07, 6.45) is 1.89. The summed E-state index contributed by atoms with van der Waals surface area (Å²) in [5.74, 6) is -0.457. The molecule has 2 heterocycles. The van der Waals surface area contributed by atoms with Gasteiger partial charge in [0, 0.05) is 36.8 Å². The molecule has 0 saturated carbocycles. The van der Waals surface area contributed by atoms with E-state index in [-0.39, 0.29) is 10.5 Å². The van der Waals surface area contributed by atoms with Crippen molar-refractivity contribution in [3.05, 3.63) is 81.1 Å². The molecular formula is C23H25N3O4S2. The number of carbonyl (C=O) groups excluding carboxylic acids is 1. The van der Waals surface area contributed by atoms with Gasteiger partial charge in [-0.3, -0.25) is 4.79 Å². The Balaban J connectivity index is 1.63. The molecule has 0 spiro atoms. The summed E-state index contributed by atoms with van der Waals surface area (Å²) in [6.45, 7) is 5.76. The Kier molecular flexibility index (Phi) is 6.71. The predicted molar refractivity (Wildman–Crippen MR) is 123 cm³/mol. The van der Waals surface area contributed by atoms with Gasteiger partial charge in [0.25, 0.3) is 5.91 Å². The Labute approximate surface area is 191 Å². The number of hydrogen-bond acceptors (Lipinski definition) is 5. The molecule has 0 atom stereocenters. The van der Waals surface area contributed by atoms with E-state index >= 15 is 0 Å². The zero-order valence-electron chi connectivity index (χ0n) is 18.0. The number of aryl methyl sites for hydroxylation is 2. The van der Waals surface area contributed by atoms with E-state index in [1.807, 2.05) is 35.2 Å². The highest BCUT2D eigenvalue weighted by Gasteiger charge is 2.27. The molecule has 1 saturated heterocycles. The first-order valence-electron chi connectivity index (χ1n) is 10.3. The number of morpholine rings is 1. The molecule has 0 N–H and O–H groups in total. The van der Waals surface area contributed by atoms with Crippen LogP contribution < -0.4 is 4.80 Å². The van der Waals surface area contributed by atoms with Crippen molar-refractivity contribution in [2.75, 3.05) is 26.3 Å². The molecule has 1 fully saturated rings.